The van der Waals surface area contributed by atoms with Gasteiger partial charge < -0.3 is 9.84 Å². The van der Waals surface area contributed by atoms with E-state index in [9.17, 15) is 5.11 Å². The number of phenolic OH excluding ortho intramolecular Hbond substituents is 1. The van der Waals surface area contributed by atoms with Crippen molar-refractivity contribution in [3.05, 3.63) is 65.7 Å². The summed E-state index contributed by atoms with van der Waals surface area (Å²) >= 11 is 0. The molecule has 1 unspecified atom stereocenters. The lowest BCUT2D eigenvalue weighted by molar-refractivity contribution is -0.00430. The van der Waals surface area contributed by atoms with Gasteiger partial charge in [-0.15, -0.1) is 0 Å². The van der Waals surface area contributed by atoms with Crippen LogP contribution in [0.25, 0.3) is 0 Å². The van der Waals surface area contributed by atoms with E-state index in [-0.39, 0.29) is 0 Å². The van der Waals surface area contributed by atoms with Gasteiger partial charge in [0, 0.05) is 12.6 Å². The summed E-state index contributed by atoms with van der Waals surface area (Å²) in [5, 5.41) is 10.1. The molecular formula is C24H31NO2. The molecule has 1 N–H and O–H groups in total. The Morgan fingerprint density at radius 3 is 2.41 bits per heavy atom. The van der Waals surface area contributed by atoms with Gasteiger partial charge in [0.15, 0.2) is 0 Å². The normalized spacial score (nSPS) is 26.3. The Balaban J connectivity index is 1.24. The van der Waals surface area contributed by atoms with Gasteiger partial charge in [-0.05, 0) is 68.2 Å². The Hall–Kier alpha value is -1.84. The fourth-order valence-corrected chi connectivity index (χ4v) is 4.73. The summed E-state index contributed by atoms with van der Waals surface area (Å²) in [6, 6.07) is 19.1. The first-order chi connectivity index (χ1) is 13.3. The molecule has 144 valence electrons. The van der Waals surface area contributed by atoms with Gasteiger partial charge in [0.1, 0.15) is 5.75 Å². The summed E-state index contributed by atoms with van der Waals surface area (Å²) in [5.74, 6) is 0.927. The fraction of sp³-hybridized carbons (Fsp3) is 0.500. The van der Waals surface area contributed by atoms with Gasteiger partial charge in [0.25, 0.3) is 0 Å². The number of rotatable bonds is 6. The first kappa shape index (κ1) is 18.5. The number of nitrogens with zero attached hydrogens (tertiary/aromatic N) is 1. The van der Waals surface area contributed by atoms with Crippen molar-refractivity contribution in [1.29, 1.82) is 0 Å². The number of para-hydroxylation sites is 1. The first-order valence-electron chi connectivity index (χ1n) is 10.5. The average Bonchev–Trinajstić information content (AvgIpc) is 3.15. The Morgan fingerprint density at radius 2 is 1.63 bits per heavy atom. The van der Waals surface area contributed by atoms with E-state index in [0.717, 1.165) is 44.4 Å². The molecule has 3 heteroatoms. The molecule has 2 aromatic rings. The zero-order valence-electron chi connectivity index (χ0n) is 16.1. The monoisotopic (exact) mass is 365 g/mol. The van der Waals surface area contributed by atoms with E-state index in [1.54, 1.807) is 6.07 Å². The van der Waals surface area contributed by atoms with Gasteiger partial charge in [-0.2, -0.15) is 0 Å². The fourth-order valence-electron chi connectivity index (χ4n) is 4.73. The molecular weight excluding hydrogens is 334 g/mol. The minimum Gasteiger partial charge on any atom is -0.508 e. The second kappa shape index (κ2) is 8.90. The standard InChI is InChI=1S/C24H31NO2/c26-24-11-5-4-10-23(24)20-12-14-22(15-13-20)27-18-21-9-6-16-25(21)17-19-7-2-1-3-8-19/h1-5,7-8,10-11,20-22,26H,6,9,12-18H2/t20-,21?,22+. The van der Waals surface area contributed by atoms with Crippen molar-refractivity contribution in [3.63, 3.8) is 0 Å². The summed E-state index contributed by atoms with van der Waals surface area (Å²) in [4.78, 5) is 2.59. The predicted molar refractivity (Wildman–Crippen MR) is 109 cm³/mol. The Labute approximate surface area is 163 Å². The Kier molecular flexibility index (Phi) is 6.10. The Bertz CT molecular complexity index is 709. The number of hydrogen-bond acceptors (Lipinski definition) is 3. The average molecular weight is 366 g/mol. The molecule has 0 spiro atoms. The van der Waals surface area contributed by atoms with E-state index >= 15 is 0 Å². The van der Waals surface area contributed by atoms with Crippen LogP contribution in [0.4, 0.5) is 0 Å². The van der Waals surface area contributed by atoms with Crippen LogP contribution in [0.3, 0.4) is 0 Å². The van der Waals surface area contributed by atoms with Crippen molar-refractivity contribution in [1.82, 2.24) is 4.90 Å². The maximum Gasteiger partial charge on any atom is 0.119 e. The van der Waals surface area contributed by atoms with Gasteiger partial charge in [0.2, 0.25) is 0 Å². The van der Waals surface area contributed by atoms with Crippen LogP contribution in [-0.2, 0) is 11.3 Å². The molecule has 2 aromatic carbocycles. The third kappa shape index (κ3) is 4.72. The highest BCUT2D eigenvalue weighted by molar-refractivity contribution is 5.35. The van der Waals surface area contributed by atoms with Crippen molar-refractivity contribution >= 4 is 0 Å². The van der Waals surface area contributed by atoms with E-state index in [2.05, 4.69) is 41.3 Å². The lowest BCUT2D eigenvalue weighted by atomic mass is 9.82. The van der Waals surface area contributed by atoms with Crippen molar-refractivity contribution in [2.75, 3.05) is 13.2 Å². The first-order valence-corrected chi connectivity index (χ1v) is 10.5. The van der Waals surface area contributed by atoms with Gasteiger partial charge >= 0.3 is 0 Å². The summed E-state index contributed by atoms with van der Waals surface area (Å²) in [6.07, 6.45) is 7.34. The number of ether oxygens (including phenoxy) is 1. The van der Waals surface area contributed by atoms with Crippen molar-refractivity contribution in [3.8, 4) is 5.75 Å². The zero-order valence-corrected chi connectivity index (χ0v) is 16.1. The van der Waals surface area contributed by atoms with Crippen molar-refractivity contribution in [2.45, 2.75) is 63.1 Å². The predicted octanol–water partition coefficient (Wildman–Crippen LogP) is 5.10. The molecule has 0 amide bonds. The van der Waals surface area contributed by atoms with Crippen molar-refractivity contribution in [2.24, 2.45) is 0 Å². The van der Waals surface area contributed by atoms with Crippen LogP contribution in [0, 0.1) is 0 Å². The summed E-state index contributed by atoms with van der Waals surface area (Å²) in [7, 11) is 0. The van der Waals surface area contributed by atoms with E-state index in [0.29, 0.717) is 23.8 Å². The molecule has 0 radical (unpaired) electrons. The molecule has 0 aromatic heterocycles. The number of aromatic hydroxyl groups is 1. The summed E-state index contributed by atoms with van der Waals surface area (Å²) in [5.41, 5.74) is 2.51. The topological polar surface area (TPSA) is 32.7 Å². The second-order valence-corrected chi connectivity index (χ2v) is 8.12. The summed E-state index contributed by atoms with van der Waals surface area (Å²) < 4.78 is 6.35. The second-order valence-electron chi connectivity index (χ2n) is 8.12. The molecule has 4 rings (SSSR count). The van der Waals surface area contributed by atoms with Gasteiger partial charge in [-0.1, -0.05) is 48.5 Å². The van der Waals surface area contributed by atoms with Crippen molar-refractivity contribution < 1.29 is 9.84 Å². The number of benzene rings is 2. The van der Waals surface area contributed by atoms with Gasteiger partial charge in [-0.25, -0.2) is 0 Å². The molecule has 0 bridgehead atoms. The quantitative estimate of drug-likeness (QED) is 0.773. The van der Waals surface area contributed by atoms with Crippen LogP contribution < -0.4 is 0 Å². The molecule has 1 atom stereocenters. The van der Waals surface area contributed by atoms with E-state index in [4.69, 9.17) is 4.74 Å². The van der Waals surface area contributed by atoms with E-state index in [1.165, 1.54) is 24.9 Å². The third-order valence-corrected chi connectivity index (χ3v) is 6.30. The highest BCUT2D eigenvalue weighted by Gasteiger charge is 2.28. The van der Waals surface area contributed by atoms with Crippen LogP contribution in [0.5, 0.6) is 5.75 Å². The maximum atomic E-state index is 10.1. The lowest BCUT2D eigenvalue weighted by Crippen LogP contribution is -2.34. The maximum absolute atomic E-state index is 10.1. The largest absolute Gasteiger partial charge is 0.508 e. The molecule has 3 nitrogen and oxygen atoms in total. The van der Waals surface area contributed by atoms with Crippen LogP contribution in [0.2, 0.25) is 0 Å². The van der Waals surface area contributed by atoms with E-state index in [1.807, 2.05) is 12.1 Å². The number of phenols is 1. The van der Waals surface area contributed by atoms with Gasteiger partial charge in [0.05, 0.1) is 12.7 Å². The highest BCUT2D eigenvalue weighted by atomic mass is 16.5. The van der Waals surface area contributed by atoms with Crippen LogP contribution in [0.1, 0.15) is 55.6 Å². The minimum absolute atomic E-state index is 0.381. The van der Waals surface area contributed by atoms with Crippen LogP contribution in [0.15, 0.2) is 54.6 Å². The minimum atomic E-state index is 0.381. The summed E-state index contributed by atoms with van der Waals surface area (Å²) in [6.45, 7) is 3.08. The highest BCUT2D eigenvalue weighted by Crippen LogP contribution is 2.38. The number of hydrogen-bond donors (Lipinski definition) is 1. The number of likely N-dealkylation sites (tertiary alicyclic amines) is 1. The van der Waals surface area contributed by atoms with Crippen LogP contribution >= 0.6 is 0 Å². The molecule has 1 heterocycles. The molecule has 1 saturated heterocycles. The SMILES string of the molecule is Oc1ccccc1[C@H]1CC[C@@H](OCC2CCCN2Cc2ccccc2)CC1. The van der Waals surface area contributed by atoms with E-state index < -0.39 is 0 Å². The smallest absolute Gasteiger partial charge is 0.119 e. The molecule has 2 aliphatic rings. The molecule has 27 heavy (non-hydrogen) atoms. The Morgan fingerprint density at radius 1 is 0.889 bits per heavy atom. The molecule has 1 aliphatic carbocycles. The van der Waals surface area contributed by atoms with Crippen LogP contribution in [-0.4, -0.2) is 35.3 Å². The molecule has 1 aliphatic heterocycles. The third-order valence-electron chi connectivity index (χ3n) is 6.30. The molecule has 1 saturated carbocycles. The van der Waals surface area contributed by atoms with Gasteiger partial charge in [-0.3, -0.25) is 4.90 Å². The molecule has 2 fully saturated rings. The zero-order chi connectivity index (χ0) is 18.5. The lowest BCUT2D eigenvalue weighted by Gasteiger charge is -2.31.